The smallest absolute Gasteiger partial charge is 0.166 e. The summed E-state index contributed by atoms with van der Waals surface area (Å²) in [6.07, 6.45) is 0. The van der Waals surface area contributed by atoms with E-state index in [1.165, 1.54) is 6.92 Å². The summed E-state index contributed by atoms with van der Waals surface area (Å²) in [5.41, 5.74) is -0.795. The van der Waals surface area contributed by atoms with Crippen molar-refractivity contribution in [2.45, 2.75) is 20.8 Å². The first kappa shape index (κ1) is 10.2. The van der Waals surface area contributed by atoms with Crippen LogP contribution in [0.15, 0.2) is 11.3 Å². The lowest BCUT2D eigenvalue weighted by Crippen LogP contribution is -2.13. The lowest BCUT2D eigenvalue weighted by Gasteiger charge is -2.18. The Balaban J connectivity index is 4.82. The van der Waals surface area contributed by atoms with Crippen LogP contribution >= 0.6 is 0 Å². The monoisotopic (exact) mass is 152 g/mol. The van der Waals surface area contributed by atoms with Gasteiger partial charge in [0, 0.05) is 17.9 Å². The molecule has 2 nitrogen and oxygen atoms in total. The van der Waals surface area contributed by atoms with Crippen LogP contribution in [0.1, 0.15) is 20.8 Å². The largest absolute Gasteiger partial charge is 0.511 e. The molecule has 4 radical (unpaired) electrons. The number of aliphatic hydroxyl groups excluding tert-OH is 1. The van der Waals surface area contributed by atoms with E-state index < -0.39 is 11.2 Å². The van der Waals surface area contributed by atoms with Gasteiger partial charge in [0.2, 0.25) is 0 Å². The minimum Gasteiger partial charge on any atom is -0.511 e. The highest BCUT2D eigenvalue weighted by Gasteiger charge is 2.20. The van der Waals surface area contributed by atoms with Gasteiger partial charge < -0.3 is 5.11 Å². The molecule has 0 amide bonds. The summed E-state index contributed by atoms with van der Waals surface area (Å²) < 4.78 is 0. The van der Waals surface area contributed by atoms with Gasteiger partial charge in [-0.15, -0.1) is 0 Å². The Bertz CT molecular complexity index is 194. The number of Topliss-reactive ketones (excluding diaryl/α,β-unsaturated/α-hetero) is 1. The molecule has 1 N–H and O–H groups in total. The van der Waals surface area contributed by atoms with Crippen LogP contribution in [-0.2, 0) is 4.79 Å². The molecule has 0 unspecified atom stereocenters. The Morgan fingerprint density at radius 2 is 1.82 bits per heavy atom. The van der Waals surface area contributed by atoms with Crippen molar-refractivity contribution in [2.24, 2.45) is 5.41 Å². The van der Waals surface area contributed by atoms with E-state index in [2.05, 4.69) is 0 Å². The second-order valence-electron chi connectivity index (χ2n) is 3.06. The summed E-state index contributed by atoms with van der Waals surface area (Å²) in [5, 5.41) is 9.28. The van der Waals surface area contributed by atoms with Gasteiger partial charge in [-0.2, -0.15) is 0 Å². The van der Waals surface area contributed by atoms with Crippen molar-refractivity contribution in [3.8, 4) is 0 Å². The van der Waals surface area contributed by atoms with Gasteiger partial charge in [0.25, 0.3) is 0 Å². The van der Waals surface area contributed by atoms with Crippen LogP contribution in [0.5, 0.6) is 0 Å². The average Bonchev–Trinajstić information content (AvgIpc) is 1.82. The predicted octanol–water partition coefficient (Wildman–Crippen LogP) is 1.84. The van der Waals surface area contributed by atoms with Crippen LogP contribution in [0.2, 0.25) is 0 Å². The Morgan fingerprint density at radius 1 is 1.45 bits per heavy atom. The average molecular weight is 152 g/mol. The van der Waals surface area contributed by atoms with Gasteiger partial charge in [-0.3, -0.25) is 4.79 Å². The molecule has 0 aromatic heterocycles. The van der Waals surface area contributed by atoms with Crippen LogP contribution in [0.25, 0.3) is 0 Å². The topological polar surface area (TPSA) is 37.3 Å². The zero-order chi connectivity index (χ0) is 9.23. The molecule has 11 heavy (non-hydrogen) atoms. The van der Waals surface area contributed by atoms with Crippen LogP contribution in [0.3, 0.4) is 0 Å². The summed E-state index contributed by atoms with van der Waals surface area (Å²) in [5.74, 6) is -0.814. The summed E-state index contributed by atoms with van der Waals surface area (Å²) in [6, 6.07) is 0. The first-order valence-corrected chi connectivity index (χ1v) is 3.26. The lowest BCUT2D eigenvalue weighted by atomic mass is 9.90. The number of hydrogen-bond donors (Lipinski definition) is 1. The molecule has 0 fully saturated rings. The Kier molecular flexibility index (Phi) is 2.85. The van der Waals surface area contributed by atoms with Crippen molar-refractivity contribution in [2.75, 3.05) is 0 Å². The molecule has 0 bridgehead atoms. The SMILES string of the molecule is [CH]C(=O)/C(C)=C(/O)C([CH])(C)C. The third-order valence-electron chi connectivity index (χ3n) is 1.34. The van der Waals surface area contributed by atoms with Gasteiger partial charge in [-0.1, -0.05) is 13.8 Å². The highest BCUT2D eigenvalue weighted by Crippen LogP contribution is 2.24. The molecule has 0 aliphatic heterocycles. The molecule has 0 rings (SSSR count). The fourth-order valence-electron chi connectivity index (χ4n) is 0.600. The summed E-state index contributed by atoms with van der Waals surface area (Å²) >= 11 is 0. The van der Waals surface area contributed by atoms with Crippen LogP contribution < -0.4 is 0 Å². The van der Waals surface area contributed by atoms with Crippen molar-refractivity contribution < 1.29 is 9.90 Å². The van der Waals surface area contributed by atoms with Gasteiger partial charge >= 0.3 is 0 Å². The van der Waals surface area contributed by atoms with Crippen LogP contribution in [0, 0.1) is 19.3 Å². The third-order valence-corrected chi connectivity index (χ3v) is 1.34. The molecule has 0 spiro atoms. The Morgan fingerprint density at radius 3 is 1.91 bits per heavy atom. The minimum atomic E-state index is -0.904. The molecule has 2 heteroatoms. The molecule has 0 aromatic rings. The lowest BCUT2D eigenvalue weighted by molar-refractivity contribution is -0.111. The van der Waals surface area contributed by atoms with Gasteiger partial charge in [0.1, 0.15) is 5.76 Å². The second kappa shape index (κ2) is 3.07. The number of allylic oxidation sites excluding steroid dienone is 2. The number of carbonyl (C=O) groups excluding carboxylic acids is 1. The quantitative estimate of drug-likeness (QED) is 0.484. The fraction of sp³-hybridized carbons (Fsp3) is 0.444. The molecule has 0 aliphatic rings. The highest BCUT2D eigenvalue weighted by atomic mass is 16.3. The predicted molar refractivity (Wildman–Crippen MR) is 42.7 cm³/mol. The van der Waals surface area contributed by atoms with Crippen LogP contribution in [-0.4, -0.2) is 10.9 Å². The normalized spacial score (nSPS) is 14.3. The Labute approximate surface area is 67.9 Å². The molecule has 0 aliphatic carbocycles. The summed E-state index contributed by atoms with van der Waals surface area (Å²) in [6.45, 7) is 15.0. The first-order chi connectivity index (χ1) is 4.76. The van der Waals surface area contributed by atoms with Crippen molar-refractivity contribution in [1.82, 2.24) is 0 Å². The van der Waals surface area contributed by atoms with Crippen molar-refractivity contribution in [3.63, 3.8) is 0 Å². The fourth-order valence-corrected chi connectivity index (χ4v) is 0.600. The molecule has 0 atom stereocenters. The van der Waals surface area contributed by atoms with E-state index in [-0.39, 0.29) is 11.3 Å². The second-order valence-corrected chi connectivity index (χ2v) is 3.06. The van der Waals surface area contributed by atoms with E-state index in [1.54, 1.807) is 13.8 Å². The van der Waals surface area contributed by atoms with Crippen LogP contribution in [0.4, 0.5) is 0 Å². The number of rotatable bonds is 2. The van der Waals surface area contributed by atoms with Gasteiger partial charge in [-0.25, -0.2) is 0 Å². The maximum Gasteiger partial charge on any atom is 0.166 e. The molecule has 60 valence electrons. The van der Waals surface area contributed by atoms with Gasteiger partial charge in [-0.05, 0) is 13.8 Å². The zero-order valence-corrected chi connectivity index (χ0v) is 7.01. The standard InChI is InChI=1S/C9H12O2/c1-6(7(2)10)8(11)9(3,4)5/h2-3,11H,1,4-5H3/b8-6+. The summed E-state index contributed by atoms with van der Waals surface area (Å²) in [4.78, 5) is 10.5. The molecule has 0 aromatic carbocycles. The van der Waals surface area contributed by atoms with E-state index in [4.69, 9.17) is 13.8 Å². The van der Waals surface area contributed by atoms with E-state index in [1.807, 2.05) is 0 Å². The van der Waals surface area contributed by atoms with Gasteiger partial charge in [0.05, 0.1) is 0 Å². The first-order valence-electron chi connectivity index (χ1n) is 3.26. The van der Waals surface area contributed by atoms with Crippen molar-refractivity contribution in [1.29, 1.82) is 0 Å². The zero-order valence-electron chi connectivity index (χ0n) is 7.01. The number of carbonyl (C=O) groups is 1. The van der Waals surface area contributed by atoms with Crippen molar-refractivity contribution >= 4 is 5.78 Å². The van der Waals surface area contributed by atoms with Crippen molar-refractivity contribution in [3.05, 3.63) is 25.2 Å². The van der Waals surface area contributed by atoms with E-state index >= 15 is 0 Å². The number of aliphatic hydroxyl groups is 1. The molecule has 0 saturated carbocycles. The maximum absolute atomic E-state index is 10.5. The Hall–Kier alpha value is -0.790. The minimum absolute atomic E-state index is 0.109. The molecular weight excluding hydrogens is 140 g/mol. The number of ketones is 1. The van der Waals surface area contributed by atoms with Gasteiger partial charge in [0.15, 0.2) is 5.78 Å². The van der Waals surface area contributed by atoms with E-state index in [9.17, 15) is 9.90 Å². The van der Waals surface area contributed by atoms with E-state index in [0.29, 0.717) is 0 Å². The molecule has 0 saturated heterocycles. The maximum atomic E-state index is 10.5. The summed E-state index contributed by atoms with van der Waals surface area (Å²) in [7, 11) is 0. The molecule has 0 heterocycles. The highest BCUT2D eigenvalue weighted by molar-refractivity contribution is 5.98. The molecular formula is C9H12O2. The number of hydrogen-bond acceptors (Lipinski definition) is 2. The van der Waals surface area contributed by atoms with E-state index in [0.717, 1.165) is 0 Å². The third kappa shape index (κ3) is 2.74.